The lowest BCUT2D eigenvalue weighted by atomic mass is 10.1. The average molecular weight is 540 g/mol. The monoisotopic (exact) mass is 539 g/mol. The number of carbonyl (C=O) groups is 2. The Labute approximate surface area is 226 Å². The molecule has 12 heteroatoms. The molecule has 0 fully saturated rings. The van der Waals surface area contributed by atoms with Crippen molar-refractivity contribution in [1.29, 1.82) is 0 Å². The van der Waals surface area contributed by atoms with E-state index in [-0.39, 0.29) is 43.2 Å². The van der Waals surface area contributed by atoms with Gasteiger partial charge in [0, 0.05) is 44.5 Å². The van der Waals surface area contributed by atoms with Gasteiger partial charge in [0.25, 0.3) is 11.8 Å². The van der Waals surface area contributed by atoms with E-state index in [0.29, 0.717) is 43.3 Å². The van der Waals surface area contributed by atoms with Crippen molar-refractivity contribution >= 4 is 17.5 Å². The molecule has 11 nitrogen and oxygen atoms in total. The number of aliphatic hydroxyl groups excluding tert-OH is 1. The average Bonchev–Trinajstić information content (AvgIpc) is 3.57. The quantitative estimate of drug-likeness (QED) is 0.294. The molecule has 1 aliphatic rings. The molecule has 0 bridgehead atoms. The van der Waals surface area contributed by atoms with Gasteiger partial charge in [0.1, 0.15) is 12.4 Å². The first kappa shape index (κ1) is 28.1. The lowest BCUT2D eigenvalue weighted by Crippen LogP contribution is -2.48. The first-order valence-electron chi connectivity index (χ1n) is 12.8. The van der Waals surface area contributed by atoms with Gasteiger partial charge in [-0.05, 0) is 48.4 Å². The number of hydrazine groups is 1. The highest BCUT2D eigenvalue weighted by Crippen LogP contribution is 2.28. The van der Waals surface area contributed by atoms with Crippen molar-refractivity contribution in [1.82, 2.24) is 30.8 Å². The first-order valence-corrected chi connectivity index (χ1v) is 12.8. The zero-order chi connectivity index (χ0) is 27.9. The van der Waals surface area contributed by atoms with Crippen LogP contribution in [-0.2, 0) is 29.3 Å². The van der Waals surface area contributed by atoms with Crippen molar-refractivity contribution in [2.24, 2.45) is 0 Å². The first-order chi connectivity index (χ1) is 18.8. The summed E-state index contributed by atoms with van der Waals surface area (Å²) in [4.78, 5) is 32.2. The topological polar surface area (TPSA) is 127 Å². The standard InChI is InChI=1S/C27H34FN7O4/c1-4-29-9-10-30-24(37)15-34(23-12-19(6-5-18(23)2)27-31-25(17-36)39-32-27)16-26(38)33(3)35-13-20-7-8-22(28)11-21(20)14-35/h5-8,11-12,29,36H,4,9-10,13-17H2,1-3H3,(H,30,37). The van der Waals surface area contributed by atoms with Crippen molar-refractivity contribution in [3.63, 3.8) is 0 Å². The second-order valence-electron chi connectivity index (χ2n) is 9.38. The number of likely N-dealkylation sites (N-methyl/N-ethyl adjacent to an activating group) is 2. The number of nitrogens with zero attached hydrogens (tertiary/aromatic N) is 5. The fraction of sp³-hybridized carbons (Fsp3) is 0.407. The van der Waals surface area contributed by atoms with Crippen LogP contribution < -0.4 is 15.5 Å². The molecule has 0 spiro atoms. The van der Waals surface area contributed by atoms with Gasteiger partial charge < -0.3 is 25.2 Å². The number of nitrogens with one attached hydrogen (secondary N) is 2. The van der Waals surface area contributed by atoms with Crippen molar-refractivity contribution < 1.29 is 23.6 Å². The van der Waals surface area contributed by atoms with Crippen LogP contribution >= 0.6 is 0 Å². The van der Waals surface area contributed by atoms with Crippen LogP contribution in [0.15, 0.2) is 40.9 Å². The minimum Gasteiger partial charge on any atom is -0.387 e. The molecular formula is C27H34FN7O4. The van der Waals surface area contributed by atoms with Crippen LogP contribution in [0.1, 0.15) is 29.5 Å². The molecule has 0 unspecified atom stereocenters. The highest BCUT2D eigenvalue weighted by atomic mass is 19.1. The van der Waals surface area contributed by atoms with Gasteiger partial charge >= 0.3 is 0 Å². The Morgan fingerprint density at radius 3 is 2.67 bits per heavy atom. The van der Waals surface area contributed by atoms with Gasteiger partial charge in [0.05, 0.1) is 13.1 Å². The smallest absolute Gasteiger partial charge is 0.256 e. The molecule has 0 atom stereocenters. The number of hydrogen-bond donors (Lipinski definition) is 3. The van der Waals surface area contributed by atoms with Crippen LogP contribution in [-0.4, -0.2) is 76.9 Å². The number of aryl methyl sites for hydroxylation is 1. The number of carbonyl (C=O) groups excluding carboxylic acids is 2. The van der Waals surface area contributed by atoms with E-state index < -0.39 is 0 Å². The summed E-state index contributed by atoms with van der Waals surface area (Å²) in [6, 6.07) is 10.1. The Hall–Kier alpha value is -3.87. The van der Waals surface area contributed by atoms with E-state index in [1.807, 2.05) is 31.0 Å². The van der Waals surface area contributed by atoms with Gasteiger partial charge in [-0.15, -0.1) is 0 Å². The maximum absolute atomic E-state index is 13.7. The highest BCUT2D eigenvalue weighted by Gasteiger charge is 2.27. The number of aliphatic hydroxyl groups is 1. The number of benzene rings is 2. The third-order valence-corrected chi connectivity index (χ3v) is 6.61. The van der Waals surface area contributed by atoms with E-state index in [4.69, 9.17) is 4.52 Å². The predicted octanol–water partition coefficient (Wildman–Crippen LogP) is 1.60. The molecule has 3 N–H and O–H groups in total. The molecule has 2 aromatic carbocycles. The van der Waals surface area contributed by atoms with Crippen LogP contribution in [0.2, 0.25) is 0 Å². The lowest BCUT2D eigenvalue weighted by molar-refractivity contribution is -0.145. The van der Waals surface area contributed by atoms with Crippen LogP contribution in [0.5, 0.6) is 0 Å². The lowest BCUT2D eigenvalue weighted by Gasteiger charge is -2.32. The molecule has 0 radical (unpaired) electrons. The van der Waals surface area contributed by atoms with Gasteiger partial charge in [-0.2, -0.15) is 4.98 Å². The van der Waals surface area contributed by atoms with Gasteiger partial charge in [-0.25, -0.2) is 9.40 Å². The Kier molecular flexibility index (Phi) is 9.23. The summed E-state index contributed by atoms with van der Waals surface area (Å²) in [5.74, 6) is -0.373. The summed E-state index contributed by atoms with van der Waals surface area (Å²) in [6.07, 6.45) is 0. The molecule has 2 amide bonds. The Balaban J connectivity index is 1.54. The van der Waals surface area contributed by atoms with Crippen LogP contribution in [0.4, 0.5) is 10.1 Å². The van der Waals surface area contributed by atoms with Crippen molar-refractivity contribution in [2.75, 3.05) is 44.7 Å². The number of rotatable bonds is 12. The summed E-state index contributed by atoms with van der Waals surface area (Å²) >= 11 is 0. The molecule has 1 aromatic heterocycles. The molecule has 3 aromatic rings. The Morgan fingerprint density at radius 1 is 1.13 bits per heavy atom. The normalized spacial score (nSPS) is 12.8. The summed E-state index contributed by atoms with van der Waals surface area (Å²) in [5, 5.41) is 22.6. The Bertz CT molecular complexity index is 1320. The second-order valence-corrected chi connectivity index (χ2v) is 9.38. The van der Waals surface area contributed by atoms with Crippen LogP contribution in [0.25, 0.3) is 11.4 Å². The third kappa shape index (κ3) is 6.96. The summed E-state index contributed by atoms with van der Waals surface area (Å²) in [6.45, 7) is 6.19. The number of aromatic nitrogens is 2. The minimum absolute atomic E-state index is 0.0461. The maximum Gasteiger partial charge on any atom is 0.256 e. The number of fused-ring (bicyclic) bond motifs is 1. The van der Waals surface area contributed by atoms with E-state index in [9.17, 15) is 19.1 Å². The molecule has 0 aliphatic carbocycles. The van der Waals surface area contributed by atoms with Crippen molar-refractivity contribution in [2.45, 2.75) is 33.5 Å². The van der Waals surface area contributed by atoms with E-state index >= 15 is 0 Å². The predicted molar refractivity (Wildman–Crippen MR) is 143 cm³/mol. The van der Waals surface area contributed by atoms with E-state index in [2.05, 4.69) is 20.8 Å². The summed E-state index contributed by atoms with van der Waals surface area (Å²) in [7, 11) is 1.68. The van der Waals surface area contributed by atoms with Gasteiger partial charge in [0.15, 0.2) is 0 Å². The van der Waals surface area contributed by atoms with E-state index in [1.165, 1.54) is 17.1 Å². The molecule has 208 valence electrons. The van der Waals surface area contributed by atoms with Crippen LogP contribution in [0, 0.1) is 12.7 Å². The second kappa shape index (κ2) is 12.8. The van der Waals surface area contributed by atoms with Gasteiger partial charge in [-0.1, -0.05) is 30.3 Å². The third-order valence-electron chi connectivity index (χ3n) is 6.61. The fourth-order valence-corrected chi connectivity index (χ4v) is 4.43. The van der Waals surface area contributed by atoms with Crippen molar-refractivity contribution in [3.05, 3.63) is 64.8 Å². The Morgan fingerprint density at radius 2 is 1.92 bits per heavy atom. The van der Waals surface area contributed by atoms with E-state index in [1.54, 1.807) is 24.1 Å². The van der Waals surface area contributed by atoms with Crippen molar-refractivity contribution in [3.8, 4) is 11.4 Å². The number of hydrogen-bond acceptors (Lipinski definition) is 9. The van der Waals surface area contributed by atoms with E-state index in [0.717, 1.165) is 23.2 Å². The number of amides is 2. The molecule has 0 saturated heterocycles. The molecule has 1 aliphatic heterocycles. The SMILES string of the molecule is CCNCCNC(=O)CN(CC(=O)N(C)N1Cc2ccc(F)cc2C1)c1cc(-c2noc(CO)n2)ccc1C. The fourth-order valence-electron chi connectivity index (χ4n) is 4.43. The number of anilines is 1. The molecule has 4 rings (SSSR count). The summed E-state index contributed by atoms with van der Waals surface area (Å²) in [5.41, 5.74) is 3.95. The zero-order valence-corrected chi connectivity index (χ0v) is 22.4. The molecule has 39 heavy (non-hydrogen) atoms. The largest absolute Gasteiger partial charge is 0.387 e. The molecular weight excluding hydrogens is 505 g/mol. The summed E-state index contributed by atoms with van der Waals surface area (Å²) < 4.78 is 18.7. The highest BCUT2D eigenvalue weighted by molar-refractivity contribution is 5.87. The van der Waals surface area contributed by atoms with Gasteiger partial charge in [0.2, 0.25) is 11.7 Å². The van der Waals surface area contributed by atoms with Crippen LogP contribution in [0.3, 0.4) is 0 Å². The molecule has 0 saturated carbocycles. The zero-order valence-electron chi connectivity index (χ0n) is 22.4. The maximum atomic E-state index is 13.7. The number of halogens is 1. The minimum atomic E-state index is -0.376. The van der Waals surface area contributed by atoms with Gasteiger partial charge in [-0.3, -0.25) is 14.6 Å². The molecule has 2 heterocycles.